The number of ether oxygens (including phenoxy) is 4. The van der Waals surface area contributed by atoms with Crippen molar-refractivity contribution in [1.82, 2.24) is 0 Å². The number of phosphoric acid groups is 2. The zero-order valence-corrected chi connectivity index (χ0v) is 59.2. The Kier molecular flexibility index (Phi) is 63.3. The lowest BCUT2D eigenvalue weighted by Crippen LogP contribution is -2.30. The van der Waals surface area contributed by atoms with Gasteiger partial charge in [-0.05, 0) is 25.7 Å². The molecule has 0 rings (SSSR count). The summed E-state index contributed by atoms with van der Waals surface area (Å²) in [5.41, 5.74) is 0. The van der Waals surface area contributed by atoms with Crippen molar-refractivity contribution in [2.45, 2.75) is 386 Å². The van der Waals surface area contributed by atoms with E-state index in [4.69, 9.17) is 37.0 Å². The van der Waals surface area contributed by atoms with Gasteiger partial charge in [-0.25, -0.2) is 9.13 Å². The van der Waals surface area contributed by atoms with Crippen LogP contribution in [0.1, 0.15) is 368 Å². The second kappa shape index (κ2) is 64.8. The minimum atomic E-state index is -4.95. The van der Waals surface area contributed by atoms with Crippen LogP contribution in [0.3, 0.4) is 0 Å². The predicted molar refractivity (Wildman–Crippen MR) is 359 cm³/mol. The van der Waals surface area contributed by atoms with Gasteiger partial charge in [0.25, 0.3) is 0 Å². The summed E-state index contributed by atoms with van der Waals surface area (Å²) in [5, 5.41) is 10.6. The topological polar surface area (TPSA) is 237 Å². The van der Waals surface area contributed by atoms with Crippen molar-refractivity contribution >= 4 is 39.5 Å². The summed E-state index contributed by atoms with van der Waals surface area (Å²) in [6.45, 7) is 4.90. The van der Waals surface area contributed by atoms with Gasteiger partial charge >= 0.3 is 39.5 Å². The van der Waals surface area contributed by atoms with Crippen molar-refractivity contribution in [2.75, 3.05) is 39.6 Å². The minimum Gasteiger partial charge on any atom is -0.462 e. The van der Waals surface area contributed by atoms with E-state index in [0.29, 0.717) is 25.7 Å². The molecule has 0 aromatic carbocycles. The van der Waals surface area contributed by atoms with Crippen LogP contribution >= 0.6 is 15.6 Å². The summed E-state index contributed by atoms with van der Waals surface area (Å²) in [6.07, 6.45) is 52.8. The molecule has 5 atom stereocenters. The summed E-state index contributed by atoms with van der Waals surface area (Å²) in [7, 11) is -9.89. The largest absolute Gasteiger partial charge is 0.472 e. The van der Waals surface area contributed by atoms with Crippen LogP contribution in [0.2, 0.25) is 0 Å². The molecule has 0 saturated heterocycles. The smallest absolute Gasteiger partial charge is 0.462 e. The summed E-state index contributed by atoms with van der Waals surface area (Å²) in [6, 6.07) is 0. The highest BCUT2D eigenvalue weighted by molar-refractivity contribution is 7.47. The van der Waals surface area contributed by atoms with E-state index >= 15 is 0 Å². The van der Waals surface area contributed by atoms with Gasteiger partial charge in [0.2, 0.25) is 0 Å². The predicted octanol–water partition coefficient (Wildman–Crippen LogP) is 20.3. The van der Waals surface area contributed by atoms with Crippen LogP contribution in [0, 0.1) is 0 Å². The molecule has 0 aliphatic heterocycles. The van der Waals surface area contributed by atoms with Crippen LogP contribution in [0.25, 0.3) is 0 Å². The molecule has 0 aromatic heterocycles. The first kappa shape index (κ1) is 87.1. The SMILES string of the molecule is CCCCCCCCCCCCCCCCCCC(=O)OC[C@H](COP(=O)(O)OC[C@@H](O)COP(=O)(O)OC[C@@H](COC(=O)CCCCCCCCC)OC(=O)CCCCCCCCCCCC)OC(=O)CCCCCCCCCCCCCCCCCC. The number of esters is 4. The number of aliphatic hydroxyl groups is 1. The number of rotatable bonds is 71. The van der Waals surface area contributed by atoms with Crippen molar-refractivity contribution in [3.63, 3.8) is 0 Å². The molecule has 0 spiro atoms. The van der Waals surface area contributed by atoms with E-state index in [9.17, 15) is 43.2 Å². The first-order valence-electron chi connectivity index (χ1n) is 36.8. The molecule has 3 N–H and O–H groups in total. The number of carbonyl (C=O) groups is 4. The van der Waals surface area contributed by atoms with Crippen LogP contribution in [0.4, 0.5) is 0 Å². The fourth-order valence-corrected chi connectivity index (χ4v) is 12.3. The molecular formula is C70H136O17P2. The third-order valence-corrected chi connectivity index (χ3v) is 18.3. The molecule has 0 aromatic rings. The van der Waals surface area contributed by atoms with Gasteiger partial charge in [0, 0.05) is 25.7 Å². The third kappa shape index (κ3) is 64.6. The molecule has 0 amide bonds. The molecule has 0 saturated carbocycles. The van der Waals surface area contributed by atoms with Crippen LogP contribution in [-0.2, 0) is 65.4 Å². The number of unbranched alkanes of at least 4 members (excludes halogenated alkanes) is 45. The van der Waals surface area contributed by atoms with E-state index in [1.807, 2.05) is 0 Å². The average molecular weight is 1310 g/mol. The van der Waals surface area contributed by atoms with Gasteiger partial charge in [0.15, 0.2) is 12.2 Å². The summed E-state index contributed by atoms with van der Waals surface area (Å²) < 4.78 is 68.2. The van der Waals surface area contributed by atoms with Crippen LogP contribution in [0.15, 0.2) is 0 Å². The summed E-state index contributed by atoms with van der Waals surface area (Å²) >= 11 is 0. The van der Waals surface area contributed by atoms with Crippen molar-refractivity contribution in [1.29, 1.82) is 0 Å². The highest BCUT2D eigenvalue weighted by Crippen LogP contribution is 2.45. The van der Waals surface area contributed by atoms with Crippen LogP contribution < -0.4 is 0 Å². The molecule has 0 heterocycles. The van der Waals surface area contributed by atoms with Crippen molar-refractivity contribution < 1.29 is 80.2 Å². The molecule has 2 unspecified atom stereocenters. The lowest BCUT2D eigenvalue weighted by Gasteiger charge is -2.21. The van der Waals surface area contributed by atoms with E-state index in [2.05, 4.69) is 27.7 Å². The number of aliphatic hydroxyl groups excluding tert-OH is 1. The van der Waals surface area contributed by atoms with E-state index < -0.39 is 97.5 Å². The van der Waals surface area contributed by atoms with E-state index in [1.54, 1.807) is 0 Å². The molecule has 89 heavy (non-hydrogen) atoms. The quantitative estimate of drug-likeness (QED) is 0.0222. The zero-order chi connectivity index (χ0) is 65.4. The summed E-state index contributed by atoms with van der Waals surface area (Å²) in [4.78, 5) is 72.4. The molecule has 0 radical (unpaired) electrons. The lowest BCUT2D eigenvalue weighted by atomic mass is 10.0. The molecule has 0 aliphatic carbocycles. The summed E-state index contributed by atoms with van der Waals surface area (Å²) in [5.74, 6) is -2.12. The van der Waals surface area contributed by atoms with E-state index in [0.717, 1.165) is 103 Å². The lowest BCUT2D eigenvalue weighted by molar-refractivity contribution is -0.161. The fourth-order valence-electron chi connectivity index (χ4n) is 10.7. The molecule has 0 bridgehead atoms. The Morgan fingerprint density at radius 3 is 0.663 bits per heavy atom. The number of phosphoric ester groups is 2. The number of hydrogen-bond donors (Lipinski definition) is 3. The maximum atomic E-state index is 13.0. The molecule has 17 nitrogen and oxygen atoms in total. The third-order valence-electron chi connectivity index (χ3n) is 16.4. The maximum absolute atomic E-state index is 13.0. The molecule has 528 valence electrons. The zero-order valence-electron chi connectivity index (χ0n) is 57.4. The van der Waals surface area contributed by atoms with Gasteiger partial charge in [-0.3, -0.25) is 37.3 Å². The molecule has 19 heteroatoms. The Balaban J connectivity index is 5.19. The number of carbonyl (C=O) groups excluding carboxylic acids is 4. The number of hydrogen-bond acceptors (Lipinski definition) is 15. The second-order valence-corrected chi connectivity index (χ2v) is 28.2. The fraction of sp³-hybridized carbons (Fsp3) is 0.943. The van der Waals surface area contributed by atoms with Gasteiger partial charge in [0.05, 0.1) is 26.4 Å². The van der Waals surface area contributed by atoms with Gasteiger partial charge in [0.1, 0.15) is 19.3 Å². The minimum absolute atomic E-state index is 0.107. The first-order valence-corrected chi connectivity index (χ1v) is 39.8. The Morgan fingerprint density at radius 2 is 0.449 bits per heavy atom. The van der Waals surface area contributed by atoms with E-state index in [1.165, 1.54) is 186 Å². The van der Waals surface area contributed by atoms with Gasteiger partial charge in [-0.2, -0.15) is 0 Å². The Morgan fingerprint density at radius 1 is 0.270 bits per heavy atom. The normalized spacial score (nSPS) is 14.0. The van der Waals surface area contributed by atoms with Crippen LogP contribution in [0.5, 0.6) is 0 Å². The monoisotopic (exact) mass is 1310 g/mol. The van der Waals surface area contributed by atoms with Crippen LogP contribution in [-0.4, -0.2) is 96.7 Å². The first-order chi connectivity index (χ1) is 43.2. The van der Waals surface area contributed by atoms with Crippen molar-refractivity contribution in [3.05, 3.63) is 0 Å². The second-order valence-electron chi connectivity index (χ2n) is 25.3. The van der Waals surface area contributed by atoms with Gasteiger partial charge in [-0.1, -0.05) is 317 Å². The highest BCUT2D eigenvalue weighted by atomic mass is 31.2. The standard InChI is InChI=1S/C70H136O17P2/c1-5-9-13-17-21-24-27-29-31-33-35-37-40-43-47-51-55-68(73)81-61-66(87-70(75)57-53-49-45-41-38-36-34-32-30-28-25-22-18-14-10-6-2)63-85-89(78,79)83-59-64(71)58-82-88(76,77)84-62-65(60-80-67(72)54-50-46-42-20-16-12-8-4)86-69(74)56-52-48-44-39-26-23-19-15-11-7-3/h64-66,71H,5-63H2,1-4H3,(H,76,77)(H,78,79)/t64-,65+,66+/m0/s1. The molecule has 0 fully saturated rings. The molecular weight excluding hydrogens is 1170 g/mol. The van der Waals surface area contributed by atoms with Gasteiger partial charge < -0.3 is 33.8 Å². The molecule has 0 aliphatic rings. The maximum Gasteiger partial charge on any atom is 0.472 e. The van der Waals surface area contributed by atoms with Crippen molar-refractivity contribution in [2.24, 2.45) is 0 Å². The Hall–Kier alpha value is -1.94. The van der Waals surface area contributed by atoms with E-state index in [-0.39, 0.29) is 25.7 Å². The van der Waals surface area contributed by atoms with Gasteiger partial charge in [-0.15, -0.1) is 0 Å². The average Bonchev–Trinajstić information content (AvgIpc) is 3.71. The Bertz CT molecular complexity index is 1710. The van der Waals surface area contributed by atoms with Crippen molar-refractivity contribution in [3.8, 4) is 0 Å². The highest BCUT2D eigenvalue weighted by Gasteiger charge is 2.30. The Labute approximate surface area is 543 Å².